The zero-order chi connectivity index (χ0) is 40.5. The van der Waals surface area contributed by atoms with Crippen molar-refractivity contribution in [2.75, 3.05) is 13.2 Å². The molecule has 0 rings (SSSR count). The van der Waals surface area contributed by atoms with Crippen molar-refractivity contribution in [3.05, 3.63) is 0 Å². The number of carbonyl (C=O) groups excluding carboxylic acids is 3. The second-order valence-electron chi connectivity index (χ2n) is 17.5. The SMILES string of the molecule is CCCCCCCCCCCC(=O)OC[C@@H](COC(=O)CCCCCCCCC(C)CC)OC(=O)CCCCCCCCCCCCCCCCCC(C)C. The van der Waals surface area contributed by atoms with E-state index < -0.39 is 6.10 Å². The number of hydrogen-bond donors (Lipinski definition) is 0. The van der Waals surface area contributed by atoms with Crippen LogP contribution < -0.4 is 0 Å². The molecule has 0 saturated heterocycles. The van der Waals surface area contributed by atoms with Crippen molar-refractivity contribution in [3.8, 4) is 0 Å². The van der Waals surface area contributed by atoms with Crippen LogP contribution in [0.15, 0.2) is 0 Å². The summed E-state index contributed by atoms with van der Waals surface area (Å²) in [5.74, 6) is 0.804. The van der Waals surface area contributed by atoms with Gasteiger partial charge < -0.3 is 14.2 Å². The molecule has 0 aliphatic carbocycles. The molecule has 2 atom stereocenters. The van der Waals surface area contributed by atoms with Gasteiger partial charge in [0.2, 0.25) is 0 Å². The van der Waals surface area contributed by atoms with Crippen LogP contribution in [0.2, 0.25) is 0 Å². The molecule has 0 aromatic carbocycles. The summed E-state index contributed by atoms with van der Waals surface area (Å²) in [7, 11) is 0. The summed E-state index contributed by atoms with van der Waals surface area (Å²) in [4.78, 5) is 37.7. The van der Waals surface area contributed by atoms with Gasteiger partial charge in [0.15, 0.2) is 6.10 Å². The second kappa shape index (κ2) is 42.0. The van der Waals surface area contributed by atoms with E-state index >= 15 is 0 Å². The summed E-state index contributed by atoms with van der Waals surface area (Å²) >= 11 is 0. The fourth-order valence-electron chi connectivity index (χ4n) is 7.25. The number of carbonyl (C=O) groups is 3. The molecule has 0 fully saturated rings. The first-order valence-electron chi connectivity index (χ1n) is 24.3. The van der Waals surface area contributed by atoms with Crippen molar-refractivity contribution in [1.82, 2.24) is 0 Å². The number of hydrogen-bond acceptors (Lipinski definition) is 6. The van der Waals surface area contributed by atoms with Gasteiger partial charge in [-0.3, -0.25) is 14.4 Å². The number of ether oxygens (including phenoxy) is 3. The average molecular weight is 779 g/mol. The van der Waals surface area contributed by atoms with Crippen LogP contribution >= 0.6 is 0 Å². The Morgan fingerprint density at radius 1 is 0.382 bits per heavy atom. The normalized spacial score (nSPS) is 12.5. The van der Waals surface area contributed by atoms with Crippen LogP contribution in [0.25, 0.3) is 0 Å². The standard InChI is InChI=1S/C49H94O6/c1-6-8-9-10-11-19-23-29-34-39-47(50)53-42-46(43-54-48(51)40-35-30-26-25-28-33-38-45(5)7-2)55-49(52)41-36-31-24-21-18-16-14-12-13-15-17-20-22-27-32-37-44(3)4/h44-46H,6-43H2,1-5H3/t45?,46-/m0/s1. The Hall–Kier alpha value is -1.59. The van der Waals surface area contributed by atoms with Crippen molar-refractivity contribution in [2.45, 2.75) is 272 Å². The zero-order valence-electron chi connectivity index (χ0n) is 37.6. The maximum Gasteiger partial charge on any atom is 0.306 e. The number of unbranched alkanes of at least 4 members (excludes halogenated alkanes) is 27. The summed E-state index contributed by atoms with van der Waals surface area (Å²) in [6.45, 7) is 11.3. The third-order valence-electron chi connectivity index (χ3n) is 11.3. The summed E-state index contributed by atoms with van der Waals surface area (Å²) in [6.07, 6.45) is 40.9. The van der Waals surface area contributed by atoms with E-state index in [0.29, 0.717) is 19.3 Å². The van der Waals surface area contributed by atoms with Gasteiger partial charge in [-0.25, -0.2) is 0 Å². The molecule has 0 radical (unpaired) electrons. The van der Waals surface area contributed by atoms with Crippen molar-refractivity contribution in [2.24, 2.45) is 11.8 Å². The van der Waals surface area contributed by atoms with E-state index in [9.17, 15) is 14.4 Å². The first-order chi connectivity index (χ1) is 26.8. The van der Waals surface area contributed by atoms with Gasteiger partial charge in [0.05, 0.1) is 0 Å². The van der Waals surface area contributed by atoms with E-state index in [1.54, 1.807) is 0 Å². The maximum absolute atomic E-state index is 12.7. The largest absolute Gasteiger partial charge is 0.462 e. The molecule has 6 nitrogen and oxygen atoms in total. The molecule has 0 spiro atoms. The highest BCUT2D eigenvalue weighted by Crippen LogP contribution is 2.17. The Morgan fingerprint density at radius 3 is 1.04 bits per heavy atom. The minimum atomic E-state index is -0.760. The van der Waals surface area contributed by atoms with Gasteiger partial charge in [-0.15, -0.1) is 0 Å². The highest BCUT2D eigenvalue weighted by Gasteiger charge is 2.19. The quantitative estimate of drug-likeness (QED) is 0.0348. The van der Waals surface area contributed by atoms with E-state index in [-0.39, 0.29) is 31.1 Å². The molecule has 0 aromatic rings. The van der Waals surface area contributed by atoms with Gasteiger partial charge in [0.1, 0.15) is 13.2 Å². The Morgan fingerprint density at radius 2 is 0.691 bits per heavy atom. The smallest absolute Gasteiger partial charge is 0.306 e. The number of rotatable bonds is 43. The van der Waals surface area contributed by atoms with Crippen LogP contribution in [-0.2, 0) is 28.6 Å². The van der Waals surface area contributed by atoms with Crippen molar-refractivity contribution in [1.29, 1.82) is 0 Å². The van der Waals surface area contributed by atoms with Crippen molar-refractivity contribution >= 4 is 17.9 Å². The Kier molecular flexibility index (Phi) is 40.8. The minimum absolute atomic E-state index is 0.0651. The van der Waals surface area contributed by atoms with Gasteiger partial charge in [-0.05, 0) is 31.1 Å². The summed E-state index contributed by atoms with van der Waals surface area (Å²) in [5, 5.41) is 0. The number of esters is 3. The topological polar surface area (TPSA) is 78.9 Å². The van der Waals surface area contributed by atoms with Gasteiger partial charge in [0, 0.05) is 19.3 Å². The predicted octanol–water partition coefficient (Wildman–Crippen LogP) is 15.4. The molecule has 0 bridgehead atoms. The monoisotopic (exact) mass is 779 g/mol. The molecule has 55 heavy (non-hydrogen) atoms. The third kappa shape index (κ3) is 41.9. The van der Waals surface area contributed by atoms with Gasteiger partial charge >= 0.3 is 17.9 Å². The molecular formula is C49H94O6. The van der Waals surface area contributed by atoms with E-state index in [1.807, 2.05) is 0 Å². The molecule has 0 amide bonds. The predicted molar refractivity (Wildman–Crippen MR) is 233 cm³/mol. The molecule has 0 aliphatic rings. The molecular weight excluding hydrogens is 685 g/mol. The Bertz CT molecular complexity index is 841. The Labute approximate surface area is 342 Å². The lowest BCUT2D eigenvalue weighted by Gasteiger charge is -2.18. The van der Waals surface area contributed by atoms with Crippen LogP contribution in [0.5, 0.6) is 0 Å². The summed E-state index contributed by atoms with van der Waals surface area (Å²) < 4.78 is 16.7. The van der Waals surface area contributed by atoms with Crippen LogP contribution in [-0.4, -0.2) is 37.2 Å². The van der Waals surface area contributed by atoms with Gasteiger partial charge in [-0.1, -0.05) is 227 Å². The lowest BCUT2D eigenvalue weighted by Crippen LogP contribution is -2.30. The highest BCUT2D eigenvalue weighted by molar-refractivity contribution is 5.71. The van der Waals surface area contributed by atoms with Crippen LogP contribution in [0.3, 0.4) is 0 Å². The molecule has 6 heteroatoms. The molecule has 326 valence electrons. The molecule has 0 heterocycles. The molecule has 1 unspecified atom stereocenters. The van der Waals surface area contributed by atoms with Gasteiger partial charge in [-0.2, -0.15) is 0 Å². The van der Waals surface area contributed by atoms with Crippen LogP contribution in [0, 0.1) is 11.8 Å². The molecule has 0 N–H and O–H groups in total. The minimum Gasteiger partial charge on any atom is -0.462 e. The maximum atomic E-state index is 12.7. The van der Waals surface area contributed by atoms with Crippen LogP contribution in [0.1, 0.15) is 266 Å². The fraction of sp³-hybridized carbons (Fsp3) is 0.939. The fourth-order valence-corrected chi connectivity index (χ4v) is 7.25. The van der Waals surface area contributed by atoms with E-state index in [2.05, 4.69) is 34.6 Å². The van der Waals surface area contributed by atoms with Crippen molar-refractivity contribution < 1.29 is 28.6 Å². The van der Waals surface area contributed by atoms with E-state index in [0.717, 1.165) is 69.6 Å². The summed E-state index contributed by atoms with van der Waals surface area (Å²) in [6, 6.07) is 0. The lowest BCUT2D eigenvalue weighted by molar-refractivity contribution is -0.167. The first kappa shape index (κ1) is 53.4. The molecule has 0 saturated carbocycles. The summed E-state index contributed by atoms with van der Waals surface area (Å²) in [5.41, 5.74) is 0. The molecule has 0 aromatic heterocycles. The molecule has 0 aliphatic heterocycles. The van der Waals surface area contributed by atoms with Gasteiger partial charge in [0.25, 0.3) is 0 Å². The van der Waals surface area contributed by atoms with E-state index in [1.165, 1.54) is 154 Å². The average Bonchev–Trinajstić information content (AvgIpc) is 3.17. The van der Waals surface area contributed by atoms with Crippen molar-refractivity contribution in [3.63, 3.8) is 0 Å². The van der Waals surface area contributed by atoms with Crippen LogP contribution in [0.4, 0.5) is 0 Å². The first-order valence-corrected chi connectivity index (χ1v) is 24.3. The Balaban J connectivity index is 4.25. The lowest BCUT2D eigenvalue weighted by atomic mass is 10.00. The third-order valence-corrected chi connectivity index (χ3v) is 11.3. The highest BCUT2D eigenvalue weighted by atomic mass is 16.6. The zero-order valence-corrected chi connectivity index (χ0v) is 37.6. The second-order valence-corrected chi connectivity index (χ2v) is 17.5. The van der Waals surface area contributed by atoms with E-state index in [4.69, 9.17) is 14.2 Å².